The van der Waals surface area contributed by atoms with Crippen LogP contribution >= 0.6 is 11.3 Å². The van der Waals surface area contributed by atoms with Gasteiger partial charge < -0.3 is 10.4 Å². The van der Waals surface area contributed by atoms with E-state index in [0.29, 0.717) is 47.2 Å². The molecule has 30 heavy (non-hydrogen) atoms. The van der Waals surface area contributed by atoms with Gasteiger partial charge in [-0.3, -0.25) is 18.8 Å². The van der Waals surface area contributed by atoms with Gasteiger partial charge in [0, 0.05) is 18.0 Å². The number of rotatable bonds is 5. The fourth-order valence-electron chi connectivity index (χ4n) is 4.09. The lowest BCUT2D eigenvalue weighted by molar-refractivity contribution is -0.142. The van der Waals surface area contributed by atoms with Gasteiger partial charge >= 0.3 is 5.97 Å². The van der Waals surface area contributed by atoms with E-state index in [-0.39, 0.29) is 35.5 Å². The van der Waals surface area contributed by atoms with E-state index in [2.05, 4.69) is 10.4 Å². The molecule has 10 heteroatoms. The molecule has 0 aromatic carbocycles. The number of amides is 1. The number of nitrogens with one attached hydrogen (secondary N) is 1. The van der Waals surface area contributed by atoms with E-state index in [1.54, 1.807) is 10.5 Å². The van der Waals surface area contributed by atoms with Crippen molar-refractivity contribution >= 4 is 38.9 Å². The number of hydrogen-bond donors (Lipinski definition) is 2. The first kappa shape index (κ1) is 20.5. The number of aliphatic carboxylic acids is 1. The number of hydrogen-bond acceptors (Lipinski definition) is 5. The minimum atomic E-state index is -0.794. The Bertz CT molecular complexity index is 1190. The number of carbonyl (C=O) groups excluding carboxylic acids is 1. The first-order valence-corrected chi connectivity index (χ1v) is 10.8. The summed E-state index contributed by atoms with van der Waals surface area (Å²) in [7, 11) is 0. The number of nitrogens with zero attached hydrogens (tertiary/aromatic N) is 3. The molecule has 1 aliphatic carbocycles. The lowest BCUT2D eigenvalue weighted by atomic mass is 9.86. The number of halogens is 1. The Morgan fingerprint density at radius 3 is 2.60 bits per heavy atom. The summed E-state index contributed by atoms with van der Waals surface area (Å²) >= 11 is 0.968. The van der Waals surface area contributed by atoms with Crippen molar-refractivity contribution in [1.29, 1.82) is 0 Å². The van der Waals surface area contributed by atoms with Crippen LogP contribution in [0.4, 0.5) is 4.39 Å². The van der Waals surface area contributed by atoms with Crippen molar-refractivity contribution in [2.45, 2.75) is 58.0 Å². The molecule has 1 aliphatic rings. The van der Waals surface area contributed by atoms with E-state index in [1.807, 2.05) is 13.8 Å². The normalized spacial score (nSPS) is 19.6. The van der Waals surface area contributed by atoms with E-state index >= 15 is 0 Å². The van der Waals surface area contributed by atoms with Crippen LogP contribution in [0.2, 0.25) is 0 Å². The lowest BCUT2D eigenvalue weighted by Gasteiger charge is -2.26. The lowest BCUT2D eigenvalue weighted by Crippen LogP contribution is -2.42. The van der Waals surface area contributed by atoms with Gasteiger partial charge in [-0.05, 0) is 31.7 Å². The largest absolute Gasteiger partial charge is 0.481 e. The summed E-state index contributed by atoms with van der Waals surface area (Å²) in [4.78, 5) is 36.6. The van der Waals surface area contributed by atoms with E-state index in [9.17, 15) is 18.8 Å². The molecule has 3 aromatic heterocycles. The van der Waals surface area contributed by atoms with E-state index in [1.165, 1.54) is 6.07 Å². The van der Waals surface area contributed by atoms with Crippen LogP contribution in [0.15, 0.2) is 16.9 Å². The average molecular weight is 434 g/mol. The fraction of sp³-hybridized carbons (Fsp3) is 0.500. The van der Waals surface area contributed by atoms with Crippen LogP contribution in [-0.2, 0) is 16.1 Å². The Morgan fingerprint density at radius 2 is 1.97 bits per heavy atom. The first-order chi connectivity index (χ1) is 14.2. The van der Waals surface area contributed by atoms with Crippen molar-refractivity contribution in [3.63, 3.8) is 0 Å². The molecule has 4 rings (SSSR count). The van der Waals surface area contributed by atoms with Crippen molar-refractivity contribution < 1.29 is 19.1 Å². The van der Waals surface area contributed by atoms with Crippen LogP contribution in [-0.4, -0.2) is 37.2 Å². The number of fused-ring (bicyclic) bond motifs is 3. The number of carbonyl (C=O) groups is 2. The number of carboxylic acids is 1. The third-order valence-corrected chi connectivity index (χ3v) is 6.48. The SMILES string of the molecule is CC(C)c1nn(CC(=O)N[C@H]2CC[C@H](C(=O)O)CC2)c(=O)c2cc3sc(F)cc3n12. The van der Waals surface area contributed by atoms with Crippen LogP contribution in [0.25, 0.3) is 15.7 Å². The number of aromatic nitrogens is 3. The standard InChI is InChI=1S/C20H23FN4O4S/c1-10(2)18-23-24(9-17(26)22-12-5-3-11(4-6-12)20(28)29)19(27)14-7-15-13(25(14)18)8-16(21)30-15/h7-8,10-12H,3-6,9H2,1-2H3,(H,22,26)(H,28,29)/t11-,12-. The van der Waals surface area contributed by atoms with Gasteiger partial charge in [-0.1, -0.05) is 13.8 Å². The number of thiophene rings is 1. The molecule has 0 spiro atoms. The molecule has 1 amide bonds. The van der Waals surface area contributed by atoms with Gasteiger partial charge in [0.05, 0.1) is 16.1 Å². The Labute approximate surface area is 175 Å². The van der Waals surface area contributed by atoms with Gasteiger partial charge in [-0.25, -0.2) is 4.68 Å². The van der Waals surface area contributed by atoms with Crippen LogP contribution < -0.4 is 10.9 Å². The quantitative estimate of drug-likeness (QED) is 0.642. The molecule has 8 nitrogen and oxygen atoms in total. The Hall–Kier alpha value is -2.75. The Balaban J connectivity index is 1.58. The predicted molar refractivity (Wildman–Crippen MR) is 110 cm³/mol. The highest BCUT2D eigenvalue weighted by Crippen LogP contribution is 2.29. The van der Waals surface area contributed by atoms with Gasteiger partial charge in [0.1, 0.15) is 17.9 Å². The zero-order chi connectivity index (χ0) is 21.6. The summed E-state index contributed by atoms with van der Waals surface area (Å²) in [5, 5.41) is 16.1. The van der Waals surface area contributed by atoms with E-state index in [0.717, 1.165) is 16.0 Å². The minimum absolute atomic E-state index is 0.0488. The molecule has 1 fully saturated rings. The summed E-state index contributed by atoms with van der Waals surface area (Å²) in [6.07, 6.45) is 2.25. The van der Waals surface area contributed by atoms with Gasteiger partial charge in [-0.2, -0.15) is 9.49 Å². The van der Waals surface area contributed by atoms with Crippen LogP contribution in [0.1, 0.15) is 51.3 Å². The third kappa shape index (κ3) is 3.71. The van der Waals surface area contributed by atoms with Crippen molar-refractivity contribution in [1.82, 2.24) is 19.5 Å². The topological polar surface area (TPSA) is 106 Å². The molecule has 3 heterocycles. The number of carboxylic acid groups (broad SMARTS) is 1. The summed E-state index contributed by atoms with van der Waals surface area (Å²) in [6, 6.07) is 2.93. The van der Waals surface area contributed by atoms with Gasteiger partial charge in [-0.15, -0.1) is 11.3 Å². The second kappa shape index (κ2) is 7.82. The molecule has 0 unspecified atom stereocenters. The van der Waals surface area contributed by atoms with Gasteiger partial charge in [0.15, 0.2) is 5.13 Å². The van der Waals surface area contributed by atoms with E-state index < -0.39 is 11.5 Å². The highest BCUT2D eigenvalue weighted by molar-refractivity contribution is 7.17. The van der Waals surface area contributed by atoms with Crippen LogP contribution in [0, 0.1) is 11.0 Å². The van der Waals surface area contributed by atoms with Crippen molar-refractivity contribution in [2.75, 3.05) is 0 Å². The molecule has 1 saturated carbocycles. The average Bonchev–Trinajstić information content (AvgIpc) is 3.20. The monoisotopic (exact) mass is 434 g/mol. The Kier molecular flexibility index (Phi) is 5.35. The molecule has 0 radical (unpaired) electrons. The molecule has 160 valence electrons. The van der Waals surface area contributed by atoms with Crippen molar-refractivity contribution in [2.24, 2.45) is 5.92 Å². The van der Waals surface area contributed by atoms with Crippen LogP contribution in [0.3, 0.4) is 0 Å². The summed E-state index contributed by atoms with van der Waals surface area (Å²) in [5.41, 5.74) is 0.560. The smallest absolute Gasteiger partial charge is 0.306 e. The highest BCUT2D eigenvalue weighted by atomic mass is 32.1. The highest BCUT2D eigenvalue weighted by Gasteiger charge is 2.27. The molecular formula is C20H23FN4O4S. The maximum atomic E-state index is 13.7. The fourth-order valence-corrected chi connectivity index (χ4v) is 4.89. The van der Waals surface area contributed by atoms with E-state index in [4.69, 9.17) is 5.11 Å². The third-order valence-electron chi connectivity index (χ3n) is 5.62. The Morgan fingerprint density at radius 1 is 1.27 bits per heavy atom. The van der Waals surface area contributed by atoms with Gasteiger partial charge in [0.25, 0.3) is 5.56 Å². The van der Waals surface area contributed by atoms with Crippen LogP contribution in [0.5, 0.6) is 0 Å². The zero-order valence-electron chi connectivity index (χ0n) is 16.7. The maximum absolute atomic E-state index is 13.7. The predicted octanol–water partition coefficient (Wildman–Crippen LogP) is 2.73. The molecular weight excluding hydrogens is 411 g/mol. The summed E-state index contributed by atoms with van der Waals surface area (Å²) in [6.45, 7) is 3.62. The first-order valence-electron chi connectivity index (χ1n) is 9.98. The molecule has 0 aliphatic heterocycles. The molecule has 3 aromatic rings. The molecule has 0 saturated heterocycles. The molecule has 0 atom stereocenters. The maximum Gasteiger partial charge on any atom is 0.306 e. The zero-order valence-corrected chi connectivity index (χ0v) is 17.5. The second-order valence-corrected chi connectivity index (χ2v) is 9.13. The second-order valence-electron chi connectivity index (χ2n) is 8.09. The minimum Gasteiger partial charge on any atom is -0.481 e. The van der Waals surface area contributed by atoms with Crippen molar-refractivity contribution in [3.8, 4) is 0 Å². The van der Waals surface area contributed by atoms with Gasteiger partial charge in [0.2, 0.25) is 5.91 Å². The molecule has 0 bridgehead atoms. The molecule has 2 N–H and O–H groups in total. The summed E-state index contributed by atoms with van der Waals surface area (Å²) < 4.78 is 17.2. The summed E-state index contributed by atoms with van der Waals surface area (Å²) in [5.74, 6) is -0.954. The van der Waals surface area contributed by atoms with Crippen molar-refractivity contribution in [3.05, 3.63) is 33.4 Å².